The fourth-order valence-corrected chi connectivity index (χ4v) is 1.86. The van der Waals surface area contributed by atoms with Crippen molar-refractivity contribution in [3.8, 4) is 0 Å². The van der Waals surface area contributed by atoms with E-state index in [9.17, 15) is 5.11 Å². The molecule has 1 aromatic heterocycles. The van der Waals surface area contributed by atoms with Crippen molar-refractivity contribution in [1.29, 1.82) is 0 Å². The van der Waals surface area contributed by atoms with Crippen LogP contribution in [0.25, 0.3) is 0 Å². The number of aliphatic hydroxyl groups excluding tert-OH is 1. The molecule has 0 amide bonds. The van der Waals surface area contributed by atoms with E-state index in [2.05, 4.69) is 35.8 Å². The minimum absolute atomic E-state index is 0.0715. The summed E-state index contributed by atoms with van der Waals surface area (Å²) in [6.07, 6.45) is 4.67. The van der Waals surface area contributed by atoms with E-state index in [1.54, 1.807) is 6.20 Å². The highest BCUT2D eigenvalue weighted by Crippen LogP contribution is 2.19. The van der Waals surface area contributed by atoms with Crippen LogP contribution in [0.5, 0.6) is 0 Å². The van der Waals surface area contributed by atoms with Crippen LogP contribution < -0.4 is 4.90 Å². The van der Waals surface area contributed by atoms with E-state index in [0.29, 0.717) is 0 Å². The van der Waals surface area contributed by atoms with E-state index >= 15 is 0 Å². The number of aliphatic hydroxyl groups is 1. The molecule has 0 atom stereocenters. The van der Waals surface area contributed by atoms with Gasteiger partial charge < -0.3 is 14.9 Å². The molecule has 0 aliphatic rings. The van der Waals surface area contributed by atoms with E-state index in [4.69, 9.17) is 0 Å². The van der Waals surface area contributed by atoms with Gasteiger partial charge >= 0.3 is 0 Å². The van der Waals surface area contributed by atoms with Crippen LogP contribution in [0.1, 0.15) is 18.9 Å². The first-order chi connectivity index (χ1) is 8.19. The molecule has 0 saturated heterocycles. The Morgan fingerprint density at radius 1 is 1.29 bits per heavy atom. The minimum atomic E-state index is 0.0715. The van der Waals surface area contributed by atoms with Crippen molar-refractivity contribution in [2.45, 2.75) is 20.0 Å². The highest BCUT2D eigenvalue weighted by atomic mass is 16.3. The van der Waals surface area contributed by atoms with Crippen LogP contribution in [0.4, 0.5) is 5.69 Å². The second-order valence-corrected chi connectivity index (χ2v) is 4.40. The van der Waals surface area contributed by atoms with Gasteiger partial charge in [0.15, 0.2) is 0 Å². The Morgan fingerprint density at radius 2 is 2.06 bits per heavy atom. The van der Waals surface area contributed by atoms with Gasteiger partial charge in [0.25, 0.3) is 0 Å². The standard InChI is InChI=1S/C13H23N3O/c1-4-16(9-5-8-15(2)3)13-10-14-7-6-12(13)11-17/h6-7,10,17H,4-5,8-9,11H2,1-3H3. The van der Waals surface area contributed by atoms with Gasteiger partial charge in [0.2, 0.25) is 0 Å². The third kappa shape index (κ3) is 4.32. The first-order valence-electron chi connectivity index (χ1n) is 6.12. The fraction of sp³-hybridized carbons (Fsp3) is 0.615. The highest BCUT2D eigenvalue weighted by molar-refractivity contribution is 5.51. The summed E-state index contributed by atoms with van der Waals surface area (Å²) in [5.41, 5.74) is 2.00. The van der Waals surface area contributed by atoms with Crippen LogP contribution in [0.3, 0.4) is 0 Å². The molecule has 0 aromatic carbocycles. The lowest BCUT2D eigenvalue weighted by Crippen LogP contribution is -2.28. The molecule has 0 saturated carbocycles. The van der Waals surface area contributed by atoms with Crippen molar-refractivity contribution >= 4 is 5.69 Å². The lowest BCUT2D eigenvalue weighted by atomic mass is 10.2. The first kappa shape index (κ1) is 13.9. The summed E-state index contributed by atoms with van der Waals surface area (Å²) < 4.78 is 0. The maximum atomic E-state index is 9.31. The molecular formula is C13H23N3O. The normalized spacial score (nSPS) is 10.9. The molecule has 1 N–H and O–H groups in total. The number of nitrogens with zero attached hydrogens (tertiary/aromatic N) is 3. The summed E-state index contributed by atoms with van der Waals surface area (Å²) in [5.74, 6) is 0. The summed E-state index contributed by atoms with van der Waals surface area (Å²) in [4.78, 5) is 8.59. The summed E-state index contributed by atoms with van der Waals surface area (Å²) >= 11 is 0. The SMILES string of the molecule is CCN(CCCN(C)C)c1cnccc1CO. The van der Waals surface area contributed by atoms with Crippen molar-refractivity contribution in [1.82, 2.24) is 9.88 Å². The Labute approximate surface area is 104 Å². The van der Waals surface area contributed by atoms with Crippen molar-refractivity contribution in [2.24, 2.45) is 0 Å². The highest BCUT2D eigenvalue weighted by Gasteiger charge is 2.08. The average Bonchev–Trinajstić information content (AvgIpc) is 2.34. The molecule has 0 fully saturated rings. The van der Waals surface area contributed by atoms with E-state index in [1.165, 1.54) is 0 Å². The Bertz CT molecular complexity index is 328. The van der Waals surface area contributed by atoms with E-state index in [1.807, 2.05) is 12.3 Å². The van der Waals surface area contributed by atoms with Crippen LogP contribution in [-0.4, -0.2) is 48.7 Å². The topological polar surface area (TPSA) is 39.6 Å². The van der Waals surface area contributed by atoms with Crippen molar-refractivity contribution in [3.05, 3.63) is 24.0 Å². The lowest BCUT2D eigenvalue weighted by molar-refractivity contribution is 0.282. The predicted molar refractivity (Wildman–Crippen MR) is 71.2 cm³/mol. The second kappa shape index (κ2) is 7.25. The van der Waals surface area contributed by atoms with Gasteiger partial charge in [-0.3, -0.25) is 4.98 Å². The molecule has 1 aromatic rings. The third-order valence-electron chi connectivity index (χ3n) is 2.81. The number of hydrogen-bond acceptors (Lipinski definition) is 4. The average molecular weight is 237 g/mol. The molecule has 0 aliphatic heterocycles. The number of aromatic nitrogens is 1. The molecule has 17 heavy (non-hydrogen) atoms. The Hall–Kier alpha value is -1.13. The van der Waals surface area contributed by atoms with Crippen molar-refractivity contribution in [2.75, 3.05) is 38.6 Å². The summed E-state index contributed by atoms with van der Waals surface area (Å²) in [7, 11) is 4.17. The van der Waals surface area contributed by atoms with Crippen LogP contribution in [-0.2, 0) is 6.61 Å². The van der Waals surface area contributed by atoms with Gasteiger partial charge in [0.05, 0.1) is 18.5 Å². The van der Waals surface area contributed by atoms with Gasteiger partial charge in [-0.05, 0) is 40.1 Å². The molecule has 4 heteroatoms. The second-order valence-electron chi connectivity index (χ2n) is 4.40. The van der Waals surface area contributed by atoms with Gasteiger partial charge in [-0.15, -0.1) is 0 Å². The van der Waals surface area contributed by atoms with Crippen molar-refractivity contribution in [3.63, 3.8) is 0 Å². The molecular weight excluding hydrogens is 214 g/mol. The molecule has 1 rings (SSSR count). The number of hydrogen-bond donors (Lipinski definition) is 1. The molecule has 4 nitrogen and oxygen atoms in total. The summed E-state index contributed by atoms with van der Waals surface area (Å²) in [5, 5.41) is 9.31. The lowest BCUT2D eigenvalue weighted by Gasteiger charge is -2.25. The van der Waals surface area contributed by atoms with Gasteiger partial charge in [-0.25, -0.2) is 0 Å². The predicted octanol–water partition coefficient (Wildman–Crippen LogP) is 1.35. The monoisotopic (exact) mass is 237 g/mol. The molecule has 0 radical (unpaired) electrons. The quantitative estimate of drug-likeness (QED) is 0.777. The molecule has 0 spiro atoms. The summed E-state index contributed by atoms with van der Waals surface area (Å²) in [6, 6.07) is 1.88. The van der Waals surface area contributed by atoms with E-state index < -0.39 is 0 Å². The van der Waals surface area contributed by atoms with Gasteiger partial charge in [-0.1, -0.05) is 0 Å². The van der Waals surface area contributed by atoms with Crippen LogP contribution in [0.15, 0.2) is 18.5 Å². The summed E-state index contributed by atoms with van der Waals surface area (Å²) in [6.45, 7) is 5.20. The Balaban J connectivity index is 2.65. The Kier molecular flexibility index (Phi) is 5.94. The van der Waals surface area contributed by atoms with Gasteiger partial charge in [0, 0.05) is 24.8 Å². The number of anilines is 1. The smallest absolute Gasteiger partial charge is 0.0703 e. The van der Waals surface area contributed by atoms with Crippen molar-refractivity contribution < 1.29 is 5.11 Å². The minimum Gasteiger partial charge on any atom is -0.392 e. The fourth-order valence-electron chi connectivity index (χ4n) is 1.86. The zero-order chi connectivity index (χ0) is 12.7. The van der Waals surface area contributed by atoms with Gasteiger partial charge in [0.1, 0.15) is 0 Å². The number of pyridine rings is 1. The van der Waals surface area contributed by atoms with Crippen LogP contribution in [0.2, 0.25) is 0 Å². The molecule has 0 aliphatic carbocycles. The van der Waals surface area contributed by atoms with E-state index in [-0.39, 0.29) is 6.61 Å². The zero-order valence-corrected chi connectivity index (χ0v) is 11.1. The molecule has 0 bridgehead atoms. The van der Waals surface area contributed by atoms with Crippen LogP contribution in [0, 0.1) is 0 Å². The maximum absolute atomic E-state index is 9.31. The van der Waals surface area contributed by atoms with Gasteiger partial charge in [-0.2, -0.15) is 0 Å². The largest absolute Gasteiger partial charge is 0.392 e. The molecule has 1 heterocycles. The maximum Gasteiger partial charge on any atom is 0.0703 e. The number of rotatable bonds is 7. The first-order valence-corrected chi connectivity index (χ1v) is 6.12. The molecule has 0 unspecified atom stereocenters. The third-order valence-corrected chi connectivity index (χ3v) is 2.81. The van der Waals surface area contributed by atoms with E-state index in [0.717, 1.165) is 37.3 Å². The zero-order valence-electron chi connectivity index (χ0n) is 11.1. The van der Waals surface area contributed by atoms with Crippen LogP contribution >= 0.6 is 0 Å². The Morgan fingerprint density at radius 3 is 2.65 bits per heavy atom. The molecule has 96 valence electrons.